The van der Waals surface area contributed by atoms with Crippen LogP contribution in [0.25, 0.3) is 28.0 Å². The van der Waals surface area contributed by atoms with E-state index in [0.717, 1.165) is 40.9 Å². The normalized spacial score (nSPS) is 18.9. The van der Waals surface area contributed by atoms with Gasteiger partial charge in [0.15, 0.2) is 5.82 Å². The number of anilines is 1. The van der Waals surface area contributed by atoms with Crippen molar-refractivity contribution in [2.24, 2.45) is 13.0 Å². The van der Waals surface area contributed by atoms with E-state index in [4.69, 9.17) is 16.0 Å². The summed E-state index contributed by atoms with van der Waals surface area (Å²) in [6, 6.07) is 4.45. The third-order valence-corrected chi connectivity index (χ3v) is 5.37. The molecule has 2 N–H and O–H groups in total. The number of aromatic nitrogens is 7. The van der Waals surface area contributed by atoms with Gasteiger partial charge in [-0.2, -0.15) is 20.6 Å². The van der Waals surface area contributed by atoms with Gasteiger partial charge in [0.05, 0.1) is 47.5 Å². The first-order valence-corrected chi connectivity index (χ1v) is 9.17. The number of nitriles is 1. The molecule has 4 heterocycles. The van der Waals surface area contributed by atoms with E-state index in [1.54, 1.807) is 21.6 Å². The lowest BCUT2D eigenvalue weighted by Gasteiger charge is -2.33. The first-order valence-electron chi connectivity index (χ1n) is 9.17. The Morgan fingerprint density at radius 1 is 1.25 bits per heavy atom. The fourth-order valence-electron chi connectivity index (χ4n) is 3.81. The van der Waals surface area contributed by atoms with Crippen LogP contribution in [0.15, 0.2) is 37.1 Å². The van der Waals surface area contributed by atoms with Crippen molar-refractivity contribution >= 4 is 11.3 Å². The van der Waals surface area contributed by atoms with Gasteiger partial charge in [0.25, 0.3) is 0 Å². The Morgan fingerprint density at radius 3 is 2.86 bits per heavy atom. The molecule has 28 heavy (non-hydrogen) atoms. The van der Waals surface area contributed by atoms with Gasteiger partial charge in [-0.1, -0.05) is 0 Å². The van der Waals surface area contributed by atoms with Crippen molar-refractivity contribution in [1.82, 2.24) is 34.2 Å². The van der Waals surface area contributed by atoms with Crippen LogP contribution in [0.5, 0.6) is 0 Å². The second kappa shape index (κ2) is 6.20. The highest BCUT2D eigenvalue weighted by atomic mass is 15.3. The SMILES string of the molecule is Cn1cc(-c2cn3nccc3c(-c3cn([C@H]4C[C@H](CC#N)C4)nc3N)n2)cn1. The van der Waals surface area contributed by atoms with E-state index in [0.29, 0.717) is 18.2 Å². The van der Waals surface area contributed by atoms with Crippen molar-refractivity contribution in [3.05, 3.63) is 37.1 Å². The van der Waals surface area contributed by atoms with Crippen LogP contribution in [0.2, 0.25) is 0 Å². The van der Waals surface area contributed by atoms with Crippen LogP contribution in [0, 0.1) is 17.2 Å². The van der Waals surface area contributed by atoms with E-state index >= 15 is 0 Å². The maximum atomic E-state index is 8.84. The van der Waals surface area contributed by atoms with Crippen molar-refractivity contribution in [3.63, 3.8) is 0 Å². The van der Waals surface area contributed by atoms with Crippen molar-refractivity contribution in [3.8, 4) is 28.6 Å². The zero-order chi connectivity index (χ0) is 19.3. The van der Waals surface area contributed by atoms with Crippen molar-refractivity contribution in [1.29, 1.82) is 5.26 Å². The molecule has 1 fully saturated rings. The summed E-state index contributed by atoms with van der Waals surface area (Å²) in [5, 5.41) is 22.0. The third kappa shape index (κ3) is 2.62. The number of nitrogens with zero attached hydrogens (tertiary/aromatic N) is 8. The molecule has 0 bridgehead atoms. The predicted molar refractivity (Wildman–Crippen MR) is 103 cm³/mol. The van der Waals surface area contributed by atoms with Crippen molar-refractivity contribution in [2.45, 2.75) is 25.3 Å². The number of rotatable bonds is 4. The van der Waals surface area contributed by atoms with E-state index < -0.39 is 0 Å². The van der Waals surface area contributed by atoms with E-state index in [-0.39, 0.29) is 6.04 Å². The molecule has 0 aliphatic heterocycles. The summed E-state index contributed by atoms with van der Waals surface area (Å²) in [6.45, 7) is 0. The Hall–Kier alpha value is -3.67. The number of aryl methyl sites for hydroxylation is 1. The first kappa shape index (κ1) is 16.5. The molecule has 1 aliphatic carbocycles. The molecule has 0 amide bonds. The Morgan fingerprint density at radius 2 is 2.11 bits per heavy atom. The smallest absolute Gasteiger partial charge is 0.155 e. The molecule has 1 aliphatic rings. The highest BCUT2D eigenvalue weighted by Crippen LogP contribution is 2.41. The van der Waals surface area contributed by atoms with Gasteiger partial charge in [0, 0.05) is 31.4 Å². The van der Waals surface area contributed by atoms with Crippen LogP contribution < -0.4 is 5.73 Å². The molecular weight excluding hydrogens is 354 g/mol. The monoisotopic (exact) mass is 373 g/mol. The van der Waals surface area contributed by atoms with Crippen molar-refractivity contribution < 1.29 is 0 Å². The lowest BCUT2D eigenvalue weighted by molar-refractivity contribution is 0.187. The Labute approximate surface area is 161 Å². The molecular formula is C19H19N9. The number of nitrogens with two attached hydrogens (primary N) is 1. The Kier molecular flexibility index (Phi) is 3.65. The number of hydrogen-bond donors (Lipinski definition) is 1. The number of nitrogen functional groups attached to an aromatic ring is 1. The summed E-state index contributed by atoms with van der Waals surface area (Å²) < 4.78 is 5.46. The summed E-state index contributed by atoms with van der Waals surface area (Å²) >= 11 is 0. The number of hydrogen-bond acceptors (Lipinski definition) is 6. The second-order valence-corrected chi connectivity index (χ2v) is 7.30. The Bertz CT molecular complexity index is 1200. The van der Waals surface area contributed by atoms with E-state index in [2.05, 4.69) is 21.4 Å². The largest absolute Gasteiger partial charge is 0.382 e. The predicted octanol–water partition coefficient (Wildman–Crippen LogP) is 2.44. The average molecular weight is 373 g/mol. The topological polar surface area (TPSA) is 116 Å². The quantitative estimate of drug-likeness (QED) is 0.587. The molecule has 0 aromatic carbocycles. The molecule has 9 heteroatoms. The second-order valence-electron chi connectivity index (χ2n) is 7.30. The van der Waals surface area contributed by atoms with Gasteiger partial charge in [-0.05, 0) is 24.8 Å². The standard InChI is InChI=1S/C19H19N9/c1-26-9-13(8-23-26)16-11-28-17(3-5-22-28)18(24-16)15-10-27(25-19(15)21)14-6-12(7-14)2-4-20/h3,5,8-12,14H,2,6-7H2,1H3,(H2,21,25)/t12-,14-. The van der Waals surface area contributed by atoms with Crippen LogP contribution >= 0.6 is 0 Å². The van der Waals surface area contributed by atoms with Gasteiger partial charge < -0.3 is 5.73 Å². The molecule has 4 aromatic heterocycles. The van der Waals surface area contributed by atoms with Crippen LogP contribution in [-0.2, 0) is 7.05 Å². The third-order valence-electron chi connectivity index (χ3n) is 5.37. The Balaban J connectivity index is 1.56. The average Bonchev–Trinajstić information content (AvgIpc) is 3.36. The van der Waals surface area contributed by atoms with Crippen LogP contribution in [0.1, 0.15) is 25.3 Å². The lowest BCUT2D eigenvalue weighted by atomic mass is 9.79. The zero-order valence-electron chi connectivity index (χ0n) is 15.4. The number of fused-ring (bicyclic) bond motifs is 1. The van der Waals surface area contributed by atoms with Crippen molar-refractivity contribution in [2.75, 3.05) is 5.73 Å². The summed E-state index contributed by atoms with van der Waals surface area (Å²) in [5.74, 6) is 0.903. The van der Waals surface area contributed by atoms with Gasteiger partial charge >= 0.3 is 0 Å². The summed E-state index contributed by atoms with van der Waals surface area (Å²) in [5.41, 5.74) is 10.3. The van der Waals surface area contributed by atoms with Crippen LogP contribution in [0.3, 0.4) is 0 Å². The molecule has 9 nitrogen and oxygen atoms in total. The highest BCUT2D eigenvalue weighted by Gasteiger charge is 2.31. The van der Waals surface area contributed by atoms with E-state index in [1.807, 2.05) is 36.4 Å². The minimum absolute atomic E-state index is 0.289. The first-order chi connectivity index (χ1) is 13.6. The molecule has 1 saturated carbocycles. The summed E-state index contributed by atoms with van der Waals surface area (Å²) in [6.07, 6.45) is 11.8. The van der Waals surface area contributed by atoms with Crippen LogP contribution in [0.4, 0.5) is 5.82 Å². The van der Waals surface area contributed by atoms with Gasteiger partial charge in [-0.15, -0.1) is 0 Å². The minimum atomic E-state index is 0.289. The maximum absolute atomic E-state index is 8.84. The highest BCUT2D eigenvalue weighted by molar-refractivity contribution is 5.83. The molecule has 0 saturated heterocycles. The van der Waals surface area contributed by atoms with E-state index in [1.165, 1.54) is 0 Å². The summed E-state index contributed by atoms with van der Waals surface area (Å²) in [4.78, 5) is 4.86. The fourth-order valence-corrected chi connectivity index (χ4v) is 3.81. The molecule has 5 rings (SSSR count). The zero-order valence-corrected chi connectivity index (χ0v) is 15.4. The van der Waals surface area contributed by atoms with E-state index in [9.17, 15) is 0 Å². The van der Waals surface area contributed by atoms with Gasteiger partial charge in [-0.25, -0.2) is 9.50 Å². The van der Waals surface area contributed by atoms with Gasteiger partial charge in [0.2, 0.25) is 0 Å². The molecule has 140 valence electrons. The van der Waals surface area contributed by atoms with Gasteiger partial charge in [-0.3, -0.25) is 9.36 Å². The molecule has 0 radical (unpaired) electrons. The maximum Gasteiger partial charge on any atom is 0.155 e. The van der Waals surface area contributed by atoms with Crippen LogP contribution in [-0.4, -0.2) is 34.2 Å². The lowest BCUT2D eigenvalue weighted by Crippen LogP contribution is -2.26. The molecule has 0 atom stereocenters. The molecule has 4 aromatic rings. The van der Waals surface area contributed by atoms with Gasteiger partial charge in [0.1, 0.15) is 5.69 Å². The summed E-state index contributed by atoms with van der Waals surface area (Å²) in [7, 11) is 1.87. The fraction of sp³-hybridized carbons (Fsp3) is 0.316. The molecule has 0 spiro atoms. The minimum Gasteiger partial charge on any atom is -0.382 e. The molecule has 0 unspecified atom stereocenters.